The molecule has 0 aromatic heterocycles. The van der Waals surface area contributed by atoms with E-state index in [2.05, 4.69) is 19.2 Å². The average Bonchev–Trinajstić information content (AvgIpc) is 2.38. The van der Waals surface area contributed by atoms with E-state index < -0.39 is 0 Å². The highest BCUT2D eigenvalue weighted by Crippen LogP contribution is 2.25. The van der Waals surface area contributed by atoms with Gasteiger partial charge in [-0.25, -0.2) is 0 Å². The van der Waals surface area contributed by atoms with Crippen LogP contribution in [0.25, 0.3) is 0 Å². The van der Waals surface area contributed by atoms with Gasteiger partial charge in [0, 0.05) is 44.8 Å². The van der Waals surface area contributed by atoms with Gasteiger partial charge in [-0.15, -0.1) is 0 Å². The molecule has 17 heavy (non-hydrogen) atoms. The molecule has 2 atom stereocenters. The lowest BCUT2D eigenvalue weighted by molar-refractivity contribution is -0.139. The van der Waals surface area contributed by atoms with Crippen molar-refractivity contribution in [3.8, 4) is 0 Å². The molecule has 1 N–H and O–H groups in total. The minimum atomic E-state index is 0.157. The van der Waals surface area contributed by atoms with Crippen LogP contribution in [0, 0.1) is 11.8 Å². The molecule has 2 rings (SSSR count). The molecule has 4 nitrogen and oxygen atoms in total. The van der Waals surface area contributed by atoms with E-state index >= 15 is 0 Å². The molecule has 0 bridgehead atoms. The Labute approximate surface area is 104 Å². The van der Waals surface area contributed by atoms with Crippen molar-refractivity contribution in [2.24, 2.45) is 11.8 Å². The second-order valence-corrected chi connectivity index (χ2v) is 5.38. The molecule has 0 aromatic rings. The average molecular weight is 240 g/mol. The number of amides is 1. The van der Waals surface area contributed by atoms with Crippen LogP contribution < -0.4 is 5.32 Å². The fraction of sp³-hybridized carbons (Fsp3) is 0.923. The maximum absolute atomic E-state index is 12.4. The smallest absolute Gasteiger partial charge is 0.225 e. The lowest BCUT2D eigenvalue weighted by Crippen LogP contribution is -2.53. The van der Waals surface area contributed by atoms with E-state index in [1.54, 1.807) is 0 Å². The molecule has 2 fully saturated rings. The van der Waals surface area contributed by atoms with Crippen LogP contribution in [0.3, 0.4) is 0 Å². The normalized spacial score (nSPS) is 29.1. The summed E-state index contributed by atoms with van der Waals surface area (Å²) in [4.78, 5) is 14.4. The molecule has 98 valence electrons. The van der Waals surface area contributed by atoms with Gasteiger partial charge in [-0.05, 0) is 25.7 Å². The highest BCUT2D eigenvalue weighted by atomic mass is 16.5. The molecule has 0 radical (unpaired) electrons. The van der Waals surface area contributed by atoms with Gasteiger partial charge in [0.15, 0.2) is 0 Å². The second-order valence-electron chi connectivity index (χ2n) is 5.38. The van der Waals surface area contributed by atoms with Crippen molar-refractivity contribution in [1.82, 2.24) is 10.2 Å². The second kappa shape index (κ2) is 5.83. The van der Waals surface area contributed by atoms with E-state index in [4.69, 9.17) is 4.74 Å². The summed E-state index contributed by atoms with van der Waals surface area (Å²) in [7, 11) is 0. The summed E-state index contributed by atoms with van der Waals surface area (Å²) in [5.74, 6) is 1.01. The highest BCUT2D eigenvalue weighted by Gasteiger charge is 2.30. The number of piperazine rings is 1. The van der Waals surface area contributed by atoms with Crippen LogP contribution in [0.5, 0.6) is 0 Å². The van der Waals surface area contributed by atoms with Gasteiger partial charge in [-0.3, -0.25) is 4.79 Å². The Hall–Kier alpha value is -0.610. The Morgan fingerprint density at radius 3 is 2.76 bits per heavy atom. The molecular weight excluding hydrogens is 216 g/mol. The zero-order valence-electron chi connectivity index (χ0n) is 10.9. The van der Waals surface area contributed by atoms with E-state index in [-0.39, 0.29) is 5.92 Å². The lowest BCUT2D eigenvalue weighted by atomic mass is 9.86. The van der Waals surface area contributed by atoms with Crippen LogP contribution in [-0.2, 0) is 9.53 Å². The number of carbonyl (C=O) groups is 1. The van der Waals surface area contributed by atoms with Gasteiger partial charge < -0.3 is 15.0 Å². The van der Waals surface area contributed by atoms with E-state index in [1.165, 1.54) is 0 Å². The topological polar surface area (TPSA) is 41.6 Å². The number of hydrogen-bond acceptors (Lipinski definition) is 3. The number of rotatable bonds is 2. The maximum Gasteiger partial charge on any atom is 0.225 e. The lowest BCUT2D eigenvalue weighted by Gasteiger charge is -2.36. The summed E-state index contributed by atoms with van der Waals surface area (Å²) in [6, 6.07) is 0.426. The first-order valence-corrected chi connectivity index (χ1v) is 6.78. The van der Waals surface area contributed by atoms with E-state index in [9.17, 15) is 4.79 Å². The van der Waals surface area contributed by atoms with Crippen LogP contribution in [0.2, 0.25) is 0 Å². The first-order chi connectivity index (χ1) is 8.18. The Bertz CT molecular complexity index is 264. The first-order valence-electron chi connectivity index (χ1n) is 6.78. The standard InChI is InChI=1S/C13H24N2O2/c1-10-9-15(6-5-14-10)13(16)11(2)12-3-7-17-8-4-12/h10-12,14H,3-9H2,1-2H3/t10-,11?/m1/s1. The molecule has 2 heterocycles. The molecule has 0 aromatic carbocycles. The van der Waals surface area contributed by atoms with Gasteiger partial charge in [0.1, 0.15) is 0 Å². The van der Waals surface area contributed by atoms with Crippen LogP contribution in [0.15, 0.2) is 0 Å². The van der Waals surface area contributed by atoms with Crippen LogP contribution in [-0.4, -0.2) is 49.7 Å². The van der Waals surface area contributed by atoms with Gasteiger partial charge in [-0.1, -0.05) is 6.92 Å². The number of carbonyl (C=O) groups excluding carboxylic acids is 1. The zero-order valence-corrected chi connectivity index (χ0v) is 10.9. The molecule has 2 saturated heterocycles. The molecule has 0 saturated carbocycles. The minimum absolute atomic E-state index is 0.157. The molecule has 4 heteroatoms. The minimum Gasteiger partial charge on any atom is -0.381 e. The first kappa shape index (κ1) is 12.8. The van der Waals surface area contributed by atoms with Crippen molar-refractivity contribution in [3.05, 3.63) is 0 Å². The summed E-state index contributed by atoms with van der Waals surface area (Å²) in [6.07, 6.45) is 2.07. The summed E-state index contributed by atoms with van der Waals surface area (Å²) >= 11 is 0. The Morgan fingerprint density at radius 1 is 1.41 bits per heavy atom. The van der Waals surface area contributed by atoms with Crippen molar-refractivity contribution < 1.29 is 9.53 Å². The third kappa shape index (κ3) is 3.19. The summed E-state index contributed by atoms with van der Waals surface area (Å²) in [5, 5.41) is 3.37. The van der Waals surface area contributed by atoms with Gasteiger partial charge >= 0.3 is 0 Å². The van der Waals surface area contributed by atoms with Gasteiger partial charge in [0.25, 0.3) is 0 Å². The van der Waals surface area contributed by atoms with E-state index in [0.717, 1.165) is 45.7 Å². The van der Waals surface area contributed by atoms with Crippen molar-refractivity contribution in [3.63, 3.8) is 0 Å². The quantitative estimate of drug-likeness (QED) is 0.778. The number of nitrogens with zero attached hydrogens (tertiary/aromatic N) is 1. The van der Waals surface area contributed by atoms with Gasteiger partial charge in [0.2, 0.25) is 5.91 Å². The summed E-state index contributed by atoms with van der Waals surface area (Å²) in [5.41, 5.74) is 0. The molecule has 1 amide bonds. The molecule has 2 aliphatic rings. The monoisotopic (exact) mass is 240 g/mol. The fourth-order valence-corrected chi connectivity index (χ4v) is 2.84. The largest absolute Gasteiger partial charge is 0.381 e. The molecule has 1 unspecified atom stereocenters. The predicted molar refractivity (Wildman–Crippen MR) is 66.8 cm³/mol. The zero-order chi connectivity index (χ0) is 12.3. The van der Waals surface area contributed by atoms with Crippen molar-refractivity contribution in [1.29, 1.82) is 0 Å². The molecular formula is C13H24N2O2. The number of ether oxygens (including phenoxy) is 1. The SMILES string of the molecule is CC(C(=O)N1CCN[C@H](C)C1)C1CCOCC1. The molecule has 0 aliphatic carbocycles. The van der Waals surface area contributed by atoms with Crippen LogP contribution in [0.4, 0.5) is 0 Å². The predicted octanol–water partition coefficient (Wildman–Crippen LogP) is 0.869. The van der Waals surface area contributed by atoms with Crippen LogP contribution in [0.1, 0.15) is 26.7 Å². The fourth-order valence-electron chi connectivity index (χ4n) is 2.84. The third-order valence-electron chi connectivity index (χ3n) is 4.04. The molecule has 2 aliphatic heterocycles. The van der Waals surface area contributed by atoms with Gasteiger partial charge in [-0.2, -0.15) is 0 Å². The highest BCUT2D eigenvalue weighted by molar-refractivity contribution is 5.79. The summed E-state index contributed by atoms with van der Waals surface area (Å²) in [6.45, 7) is 8.50. The van der Waals surface area contributed by atoms with Crippen molar-refractivity contribution >= 4 is 5.91 Å². The van der Waals surface area contributed by atoms with E-state index in [0.29, 0.717) is 17.9 Å². The van der Waals surface area contributed by atoms with Crippen molar-refractivity contribution in [2.45, 2.75) is 32.7 Å². The molecule has 0 spiro atoms. The Morgan fingerprint density at radius 2 is 2.12 bits per heavy atom. The van der Waals surface area contributed by atoms with E-state index in [1.807, 2.05) is 4.90 Å². The van der Waals surface area contributed by atoms with Gasteiger partial charge in [0.05, 0.1) is 0 Å². The van der Waals surface area contributed by atoms with Crippen molar-refractivity contribution in [2.75, 3.05) is 32.8 Å². The number of hydrogen-bond donors (Lipinski definition) is 1. The Kier molecular flexibility index (Phi) is 4.40. The van der Waals surface area contributed by atoms with Crippen LogP contribution >= 0.6 is 0 Å². The number of nitrogens with one attached hydrogen (secondary N) is 1. The Balaban J connectivity index is 1.89. The third-order valence-corrected chi connectivity index (χ3v) is 4.04. The summed E-state index contributed by atoms with van der Waals surface area (Å²) < 4.78 is 5.36. The maximum atomic E-state index is 12.4.